The molecule has 0 saturated carbocycles. The second-order valence-corrected chi connectivity index (χ2v) is 7.63. The Balaban J connectivity index is 1.90. The van der Waals surface area contributed by atoms with Crippen LogP contribution in [0, 0.1) is 0 Å². The number of carbonyl (C=O) groups excluding carboxylic acids is 3. The number of alkyl halides is 2. The normalized spacial score (nSPS) is 15.9. The standard InChI is InChI=1S/C19H23F2N3O4S/c1-12(2)23(3)11-16(25)22-8-9-24-17(26)15(29-19(24)27)10-13-4-6-14(7-5-13)28-18(20)21/h4-7,10,12,18H,8-9,11H2,1-3H3,(H,22,25)/b15-10+. The van der Waals surface area contributed by atoms with Crippen LogP contribution in [0.4, 0.5) is 13.6 Å². The van der Waals surface area contributed by atoms with Crippen molar-refractivity contribution in [1.29, 1.82) is 0 Å². The van der Waals surface area contributed by atoms with Crippen molar-refractivity contribution in [3.63, 3.8) is 0 Å². The van der Waals surface area contributed by atoms with Crippen LogP contribution in [0.2, 0.25) is 0 Å². The van der Waals surface area contributed by atoms with E-state index in [0.29, 0.717) is 5.56 Å². The molecule has 158 valence electrons. The van der Waals surface area contributed by atoms with Gasteiger partial charge in [-0.1, -0.05) is 12.1 Å². The summed E-state index contributed by atoms with van der Waals surface area (Å²) in [6.07, 6.45) is 1.51. The van der Waals surface area contributed by atoms with Crippen LogP contribution in [0.15, 0.2) is 29.2 Å². The number of hydrogen-bond acceptors (Lipinski definition) is 6. The lowest BCUT2D eigenvalue weighted by atomic mass is 10.2. The summed E-state index contributed by atoms with van der Waals surface area (Å²) in [6.45, 7) is 1.49. The quantitative estimate of drug-likeness (QED) is 0.611. The Kier molecular flexibility index (Phi) is 8.15. The van der Waals surface area contributed by atoms with Gasteiger partial charge in [0.1, 0.15) is 5.75 Å². The zero-order valence-electron chi connectivity index (χ0n) is 16.4. The Bertz CT molecular complexity index is 784. The molecule has 0 atom stereocenters. The molecule has 0 aromatic heterocycles. The average molecular weight is 427 g/mol. The van der Waals surface area contributed by atoms with E-state index < -0.39 is 17.8 Å². The van der Waals surface area contributed by atoms with Crippen LogP contribution in [0.5, 0.6) is 5.75 Å². The fraction of sp³-hybridized carbons (Fsp3) is 0.421. The molecule has 0 radical (unpaired) electrons. The van der Waals surface area contributed by atoms with Crippen molar-refractivity contribution in [2.75, 3.05) is 26.7 Å². The molecule has 1 fully saturated rings. The molecule has 0 spiro atoms. The largest absolute Gasteiger partial charge is 0.435 e. The smallest absolute Gasteiger partial charge is 0.387 e. The number of nitrogens with zero attached hydrogens (tertiary/aromatic N) is 2. The van der Waals surface area contributed by atoms with Crippen molar-refractivity contribution in [3.8, 4) is 5.75 Å². The molecule has 1 heterocycles. The minimum Gasteiger partial charge on any atom is -0.435 e. The van der Waals surface area contributed by atoms with Crippen LogP contribution in [0.1, 0.15) is 19.4 Å². The molecular weight excluding hydrogens is 404 g/mol. The summed E-state index contributed by atoms with van der Waals surface area (Å²) < 4.78 is 28.6. The van der Waals surface area contributed by atoms with E-state index in [-0.39, 0.29) is 42.2 Å². The number of amides is 3. The maximum atomic E-state index is 12.4. The van der Waals surface area contributed by atoms with Crippen LogP contribution in [0.25, 0.3) is 6.08 Å². The Morgan fingerprint density at radius 3 is 2.52 bits per heavy atom. The number of thioether (sulfide) groups is 1. The van der Waals surface area contributed by atoms with Crippen molar-refractivity contribution in [2.24, 2.45) is 0 Å². The van der Waals surface area contributed by atoms with Crippen molar-refractivity contribution >= 4 is 34.9 Å². The summed E-state index contributed by atoms with van der Waals surface area (Å²) in [6, 6.07) is 5.95. The summed E-state index contributed by atoms with van der Waals surface area (Å²) >= 11 is 0.791. The van der Waals surface area contributed by atoms with Gasteiger partial charge in [-0.2, -0.15) is 8.78 Å². The number of ether oxygens (including phenoxy) is 1. The van der Waals surface area contributed by atoms with E-state index in [1.54, 1.807) is 0 Å². The first-order chi connectivity index (χ1) is 13.7. The van der Waals surface area contributed by atoms with E-state index in [0.717, 1.165) is 16.7 Å². The molecule has 3 amide bonds. The Labute approximate surface area is 172 Å². The molecule has 2 rings (SSSR count). The van der Waals surface area contributed by atoms with Crippen molar-refractivity contribution in [2.45, 2.75) is 26.5 Å². The van der Waals surface area contributed by atoms with Crippen molar-refractivity contribution in [1.82, 2.24) is 15.1 Å². The molecule has 10 heteroatoms. The first kappa shape index (κ1) is 22.8. The minimum atomic E-state index is -2.91. The lowest BCUT2D eigenvalue weighted by Gasteiger charge is -2.20. The fourth-order valence-corrected chi connectivity index (χ4v) is 3.23. The third-order valence-corrected chi connectivity index (χ3v) is 5.12. The molecule has 0 unspecified atom stereocenters. The molecule has 1 N–H and O–H groups in total. The number of halogens is 2. The third-order valence-electron chi connectivity index (χ3n) is 4.21. The van der Waals surface area contributed by atoms with Gasteiger partial charge >= 0.3 is 6.61 Å². The molecule has 1 aromatic rings. The van der Waals surface area contributed by atoms with E-state index in [2.05, 4.69) is 10.1 Å². The lowest BCUT2D eigenvalue weighted by molar-refractivity contribution is -0.124. The van der Waals surface area contributed by atoms with Crippen LogP contribution in [-0.4, -0.2) is 66.2 Å². The summed E-state index contributed by atoms with van der Waals surface area (Å²) in [5.74, 6) is -0.639. The maximum Gasteiger partial charge on any atom is 0.387 e. The Morgan fingerprint density at radius 2 is 1.93 bits per heavy atom. The highest BCUT2D eigenvalue weighted by atomic mass is 32.2. The maximum absolute atomic E-state index is 12.4. The summed E-state index contributed by atoms with van der Waals surface area (Å²) in [7, 11) is 1.83. The Morgan fingerprint density at radius 1 is 1.28 bits per heavy atom. The second kappa shape index (κ2) is 10.4. The van der Waals surface area contributed by atoms with Gasteiger partial charge in [0.05, 0.1) is 11.4 Å². The SMILES string of the molecule is CC(C)N(C)CC(=O)NCCN1C(=O)S/C(=C/c2ccc(OC(F)F)cc2)C1=O. The predicted octanol–water partition coefficient (Wildman–Crippen LogP) is 2.78. The average Bonchev–Trinajstić information content (AvgIpc) is 2.90. The molecule has 7 nitrogen and oxygen atoms in total. The molecule has 1 aliphatic heterocycles. The zero-order valence-corrected chi connectivity index (χ0v) is 17.2. The molecule has 0 bridgehead atoms. The molecule has 1 aliphatic rings. The highest BCUT2D eigenvalue weighted by molar-refractivity contribution is 8.18. The number of imide groups is 1. The van der Waals surface area contributed by atoms with E-state index in [9.17, 15) is 23.2 Å². The topological polar surface area (TPSA) is 79.0 Å². The van der Waals surface area contributed by atoms with Crippen molar-refractivity contribution < 1.29 is 27.9 Å². The molecular formula is C19H23F2N3O4S. The first-order valence-electron chi connectivity index (χ1n) is 8.94. The van der Waals surface area contributed by atoms with Gasteiger partial charge in [-0.05, 0) is 56.4 Å². The molecule has 1 saturated heterocycles. The summed E-state index contributed by atoms with van der Waals surface area (Å²) in [5, 5.41) is 2.27. The molecule has 1 aromatic carbocycles. The molecule has 29 heavy (non-hydrogen) atoms. The van der Waals surface area contributed by atoms with Gasteiger partial charge < -0.3 is 10.1 Å². The number of benzene rings is 1. The highest BCUT2D eigenvalue weighted by Gasteiger charge is 2.34. The van der Waals surface area contributed by atoms with Crippen LogP contribution < -0.4 is 10.1 Å². The summed E-state index contributed by atoms with van der Waals surface area (Å²) in [5.41, 5.74) is 0.571. The predicted molar refractivity (Wildman–Crippen MR) is 107 cm³/mol. The lowest BCUT2D eigenvalue weighted by Crippen LogP contribution is -2.42. The van der Waals surface area contributed by atoms with Gasteiger partial charge in [0, 0.05) is 19.1 Å². The van der Waals surface area contributed by atoms with E-state index in [1.807, 2.05) is 25.8 Å². The fourth-order valence-electron chi connectivity index (χ4n) is 2.36. The molecule has 0 aliphatic carbocycles. The first-order valence-corrected chi connectivity index (χ1v) is 9.76. The van der Waals surface area contributed by atoms with E-state index >= 15 is 0 Å². The minimum absolute atomic E-state index is 0.00380. The van der Waals surface area contributed by atoms with Crippen molar-refractivity contribution in [3.05, 3.63) is 34.7 Å². The third kappa shape index (κ3) is 6.82. The number of carbonyl (C=O) groups is 3. The van der Waals surface area contributed by atoms with Gasteiger partial charge in [0.15, 0.2) is 0 Å². The van der Waals surface area contributed by atoms with E-state index in [1.165, 1.54) is 30.3 Å². The number of hydrogen-bond donors (Lipinski definition) is 1. The number of rotatable bonds is 9. The van der Waals surface area contributed by atoms with Gasteiger partial charge in [0.2, 0.25) is 5.91 Å². The van der Waals surface area contributed by atoms with Gasteiger partial charge in [-0.3, -0.25) is 24.2 Å². The number of nitrogens with one attached hydrogen (secondary N) is 1. The van der Waals surface area contributed by atoms with Gasteiger partial charge in [0.25, 0.3) is 11.1 Å². The van der Waals surface area contributed by atoms with Gasteiger partial charge in [-0.25, -0.2) is 0 Å². The van der Waals surface area contributed by atoms with E-state index in [4.69, 9.17) is 0 Å². The van der Waals surface area contributed by atoms with Crippen LogP contribution >= 0.6 is 11.8 Å². The zero-order chi connectivity index (χ0) is 21.6. The van der Waals surface area contributed by atoms with Gasteiger partial charge in [-0.15, -0.1) is 0 Å². The monoisotopic (exact) mass is 427 g/mol. The van der Waals surface area contributed by atoms with Crippen LogP contribution in [0.3, 0.4) is 0 Å². The van der Waals surface area contributed by atoms with Crippen LogP contribution in [-0.2, 0) is 9.59 Å². The highest BCUT2D eigenvalue weighted by Crippen LogP contribution is 2.32. The number of likely N-dealkylation sites (N-methyl/N-ethyl adjacent to an activating group) is 1. The Hall–Kier alpha value is -2.46. The summed E-state index contributed by atoms with van der Waals surface area (Å²) in [4.78, 5) is 39.6. The second-order valence-electron chi connectivity index (χ2n) is 6.64.